The minimum Gasteiger partial charge on any atom is -0.494 e. The first kappa shape index (κ1) is 18.8. The van der Waals surface area contributed by atoms with Crippen LogP contribution in [0.3, 0.4) is 0 Å². The van der Waals surface area contributed by atoms with Crippen LogP contribution in [0.5, 0.6) is 5.75 Å². The van der Waals surface area contributed by atoms with Gasteiger partial charge in [0, 0.05) is 17.1 Å². The number of amides is 1. The van der Waals surface area contributed by atoms with Crippen molar-refractivity contribution in [3.63, 3.8) is 0 Å². The fourth-order valence-corrected chi connectivity index (χ4v) is 2.14. The number of hydrogen-bond acceptors (Lipinski definition) is 4. The summed E-state index contributed by atoms with van der Waals surface area (Å²) in [6.45, 7) is 1.94. The number of anilines is 1. The van der Waals surface area contributed by atoms with Crippen LogP contribution in [0.1, 0.15) is 19.8 Å². The van der Waals surface area contributed by atoms with Gasteiger partial charge in [-0.25, -0.2) is 0 Å². The van der Waals surface area contributed by atoms with Crippen LogP contribution in [-0.4, -0.2) is 24.6 Å². The molecule has 0 saturated heterocycles. The van der Waals surface area contributed by atoms with Gasteiger partial charge in [-0.2, -0.15) is 0 Å². The van der Waals surface area contributed by atoms with Crippen LogP contribution in [0.2, 0.25) is 5.02 Å². The summed E-state index contributed by atoms with van der Waals surface area (Å²) in [5, 5.41) is 3.24. The Balaban J connectivity index is 1.66. The molecular weight excluding hydrogens is 342 g/mol. The number of esters is 1. The summed E-state index contributed by atoms with van der Waals surface area (Å²) in [6, 6.07) is 16.0. The van der Waals surface area contributed by atoms with Crippen molar-refractivity contribution in [1.82, 2.24) is 0 Å². The van der Waals surface area contributed by atoms with Gasteiger partial charge in [0.25, 0.3) is 5.91 Å². The molecule has 0 aromatic heterocycles. The molecule has 1 N–H and O–H groups in total. The van der Waals surface area contributed by atoms with Gasteiger partial charge in [0.1, 0.15) is 5.75 Å². The van der Waals surface area contributed by atoms with E-state index in [9.17, 15) is 9.59 Å². The summed E-state index contributed by atoms with van der Waals surface area (Å²) in [5.41, 5.74) is 0.591. The van der Waals surface area contributed by atoms with Gasteiger partial charge >= 0.3 is 5.97 Å². The van der Waals surface area contributed by atoms with Crippen molar-refractivity contribution < 1.29 is 19.1 Å². The number of para-hydroxylation sites is 1. The van der Waals surface area contributed by atoms with Crippen molar-refractivity contribution in [3.05, 3.63) is 59.6 Å². The summed E-state index contributed by atoms with van der Waals surface area (Å²) in [6.07, 6.45) is -0.178. The Morgan fingerprint density at radius 3 is 2.44 bits per heavy atom. The van der Waals surface area contributed by atoms with Gasteiger partial charge in [-0.05, 0) is 49.7 Å². The molecule has 2 aromatic rings. The number of halogens is 1. The van der Waals surface area contributed by atoms with Gasteiger partial charge in [-0.1, -0.05) is 29.8 Å². The van der Waals surface area contributed by atoms with Crippen molar-refractivity contribution in [3.8, 4) is 5.75 Å². The predicted octanol–water partition coefficient (Wildman–Crippen LogP) is 4.07. The first-order valence-electron chi connectivity index (χ1n) is 7.98. The minimum atomic E-state index is -0.877. The largest absolute Gasteiger partial charge is 0.494 e. The topological polar surface area (TPSA) is 64.6 Å². The lowest BCUT2D eigenvalue weighted by molar-refractivity contribution is -0.153. The maximum Gasteiger partial charge on any atom is 0.306 e. The smallest absolute Gasteiger partial charge is 0.306 e. The lowest BCUT2D eigenvalue weighted by atomic mass is 10.3. The van der Waals surface area contributed by atoms with E-state index < -0.39 is 18.0 Å². The first-order valence-corrected chi connectivity index (χ1v) is 8.36. The quantitative estimate of drug-likeness (QED) is 0.568. The summed E-state index contributed by atoms with van der Waals surface area (Å²) in [7, 11) is 0. The van der Waals surface area contributed by atoms with Gasteiger partial charge in [0.05, 0.1) is 6.61 Å². The second kappa shape index (κ2) is 9.69. The Labute approximate surface area is 151 Å². The molecule has 0 aliphatic carbocycles. The van der Waals surface area contributed by atoms with E-state index in [0.29, 0.717) is 23.7 Å². The van der Waals surface area contributed by atoms with E-state index in [-0.39, 0.29) is 6.42 Å². The zero-order valence-electron chi connectivity index (χ0n) is 13.9. The molecule has 0 fully saturated rings. The van der Waals surface area contributed by atoms with Crippen LogP contribution in [0.4, 0.5) is 5.69 Å². The van der Waals surface area contributed by atoms with Crippen LogP contribution >= 0.6 is 11.6 Å². The molecule has 5 nitrogen and oxygen atoms in total. The number of carbonyl (C=O) groups excluding carboxylic acids is 2. The molecule has 1 atom stereocenters. The summed E-state index contributed by atoms with van der Waals surface area (Å²) >= 11 is 5.79. The molecule has 0 saturated carbocycles. The Hall–Kier alpha value is -2.53. The highest BCUT2D eigenvalue weighted by Crippen LogP contribution is 2.14. The Kier molecular flexibility index (Phi) is 7.29. The third kappa shape index (κ3) is 6.85. The highest BCUT2D eigenvalue weighted by Gasteiger charge is 2.17. The van der Waals surface area contributed by atoms with Crippen molar-refractivity contribution in [2.24, 2.45) is 0 Å². The number of rotatable bonds is 8. The van der Waals surface area contributed by atoms with Crippen molar-refractivity contribution in [2.45, 2.75) is 25.9 Å². The molecule has 1 unspecified atom stereocenters. The summed E-state index contributed by atoms with van der Waals surface area (Å²) in [4.78, 5) is 23.8. The molecule has 0 aliphatic rings. The lowest BCUT2D eigenvalue weighted by Gasteiger charge is -2.13. The highest BCUT2D eigenvalue weighted by molar-refractivity contribution is 6.30. The number of benzene rings is 2. The van der Waals surface area contributed by atoms with Gasteiger partial charge in [0.15, 0.2) is 6.10 Å². The third-order valence-corrected chi connectivity index (χ3v) is 3.58. The van der Waals surface area contributed by atoms with Crippen LogP contribution in [0.25, 0.3) is 0 Å². The predicted molar refractivity (Wildman–Crippen MR) is 96.8 cm³/mol. The van der Waals surface area contributed by atoms with E-state index in [1.165, 1.54) is 6.92 Å². The molecule has 0 spiro atoms. The molecule has 2 rings (SSSR count). The minimum absolute atomic E-state index is 0.186. The second-order valence-corrected chi connectivity index (χ2v) is 5.83. The maximum atomic E-state index is 12.0. The normalized spacial score (nSPS) is 11.4. The summed E-state index contributed by atoms with van der Waals surface area (Å²) < 4.78 is 10.6. The van der Waals surface area contributed by atoms with E-state index in [0.717, 1.165) is 5.75 Å². The van der Waals surface area contributed by atoms with Crippen LogP contribution in [0, 0.1) is 0 Å². The average molecular weight is 362 g/mol. The van der Waals surface area contributed by atoms with Crippen molar-refractivity contribution in [2.75, 3.05) is 11.9 Å². The van der Waals surface area contributed by atoms with Gasteiger partial charge in [-0.3, -0.25) is 9.59 Å². The number of hydrogen-bond donors (Lipinski definition) is 1. The first-order chi connectivity index (χ1) is 12.0. The van der Waals surface area contributed by atoms with Crippen molar-refractivity contribution in [1.29, 1.82) is 0 Å². The number of nitrogens with one attached hydrogen (secondary N) is 1. The van der Waals surface area contributed by atoms with E-state index in [1.807, 2.05) is 30.3 Å². The van der Waals surface area contributed by atoms with E-state index in [4.69, 9.17) is 21.1 Å². The second-order valence-electron chi connectivity index (χ2n) is 5.39. The Morgan fingerprint density at radius 2 is 1.76 bits per heavy atom. The van der Waals surface area contributed by atoms with Crippen molar-refractivity contribution >= 4 is 29.2 Å². The monoisotopic (exact) mass is 361 g/mol. The number of ether oxygens (including phenoxy) is 2. The SMILES string of the molecule is CC(OC(=O)CCCOc1ccccc1)C(=O)Nc1ccc(Cl)cc1. The lowest BCUT2D eigenvalue weighted by Crippen LogP contribution is -2.30. The van der Waals surface area contributed by atoms with Crippen LogP contribution < -0.4 is 10.1 Å². The molecule has 1 amide bonds. The average Bonchev–Trinajstić information content (AvgIpc) is 2.61. The maximum absolute atomic E-state index is 12.0. The molecular formula is C19H20ClNO4. The Morgan fingerprint density at radius 1 is 1.08 bits per heavy atom. The van der Waals surface area contributed by atoms with Gasteiger partial charge < -0.3 is 14.8 Å². The Bertz CT molecular complexity index is 688. The molecule has 0 radical (unpaired) electrons. The molecule has 2 aromatic carbocycles. The van der Waals surface area contributed by atoms with E-state index >= 15 is 0 Å². The highest BCUT2D eigenvalue weighted by atomic mass is 35.5. The molecule has 25 heavy (non-hydrogen) atoms. The molecule has 6 heteroatoms. The van der Waals surface area contributed by atoms with Crippen LogP contribution in [0.15, 0.2) is 54.6 Å². The summed E-state index contributed by atoms with van der Waals surface area (Å²) in [5.74, 6) is -0.0711. The van der Waals surface area contributed by atoms with Crippen LogP contribution in [-0.2, 0) is 14.3 Å². The van der Waals surface area contributed by atoms with E-state index in [2.05, 4.69) is 5.32 Å². The van der Waals surface area contributed by atoms with E-state index in [1.54, 1.807) is 24.3 Å². The molecule has 0 bridgehead atoms. The van der Waals surface area contributed by atoms with Gasteiger partial charge in [-0.15, -0.1) is 0 Å². The molecule has 132 valence electrons. The van der Waals surface area contributed by atoms with Gasteiger partial charge in [0.2, 0.25) is 0 Å². The standard InChI is InChI=1S/C19H20ClNO4/c1-14(19(23)21-16-11-9-15(20)10-12-16)25-18(22)8-5-13-24-17-6-3-2-4-7-17/h2-4,6-7,9-12,14H,5,8,13H2,1H3,(H,21,23). The molecule has 0 aliphatic heterocycles. The zero-order valence-corrected chi connectivity index (χ0v) is 14.7. The fourth-order valence-electron chi connectivity index (χ4n) is 2.01. The molecule has 0 heterocycles. The number of carbonyl (C=O) groups is 2. The fraction of sp³-hybridized carbons (Fsp3) is 0.263. The third-order valence-electron chi connectivity index (χ3n) is 3.33. The zero-order chi connectivity index (χ0) is 18.1.